The van der Waals surface area contributed by atoms with Gasteiger partial charge < -0.3 is 16.2 Å². The van der Waals surface area contributed by atoms with Crippen molar-refractivity contribution in [2.45, 2.75) is 13.0 Å². The summed E-state index contributed by atoms with van der Waals surface area (Å²) >= 11 is 0. The van der Waals surface area contributed by atoms with Crippen molar-refractivity contribution in [1.29, 1.82) is 0 Å². The first-order chi connectivity index (χ1) is 9.63. The number of anilines is 1. The van der Waals surface area contributed by atoms with E-state index >= 15 is 0 Å². The van der Waals surface area contributed by atoms with Crippen molar-refractivity contribution in [2.24, 2.45) is 0 Å². The summed E-state index contributed by atoms with van der Waals surface area (Å²) < 4.78 is 0. The number of hydrogen-bond acceptors (Lipinski definition) is 3. The number of nitrogens with two attached hydrogens (primary N) is 1. The van der Waals surface area contributed by atoms with Gasteiger partial charge in [0.2, 0.25) is 0 Å². The molecule has 0 saturated carbocycles. The highest BCUT2D eigenvalue weighted by Gasteiger charge is 2.16. The minimum absolute atomic E-state index is 0.156. The molecule has 1 atom stereocenters. The molecule has 0 heterocycles. The Kier molecular flexibility index (Phi) is 4.38. The van der Waals surface area contributed by atoms with E-state index in [4.69, 9.17) is 5.73 Å². The smallest absolute Gasteiger partial charge is 0.252 e. The number of nitrogens with one attached hydrogen (secondary N) is 1. The van der Waals surface area contributed by atoms with E-state index in [1.165, 1.54) is 0 Å². The highest BCUT2D eigenvalue weighted by molar-refractivity contribution is 5.97. The number of aliphatic hydroxyl groups excluding tert-OH is 1. The molecule has 0 fully saturated rings. The highest BCUT2D eigenvalue weighted by Crippen LogP contribution is 2.17. The van der Waals surface area contributed by atoms with Gasteiger partial charge in [-0.25, -0.2) is 0 Å². The number of rotatable bonds is 4. The van der Waals surface area contributed by atoms with Crippen molar-refractivity contribution >= 4 is 11.6 Å². The Morgan fingerprint density at radius 1 is 1.20 bits per heavy atom. The van der Waals surface area contributed by atoms with Crippen LogP contribution in [0.15, 0.2) is 48.5 Å². The van der Waals surface area contributed by atoms with E-state index in [1.807, 2.05) is 30.3 Å². The van der Waals surface area contributed by atoms with Gasteiger partial charge in [-0.15, -0.1) is 0 Å². The van der Waals surface area contributed by atoms with Crippen LogP contribution in [-0.2, 0) is 0 Å². The molecule has 0 aromatic heterocycles. The van der Waals surface area contributed by atoms with E-state index in [0.29, 0.717) is 11.3 Å². The second kappa shape index (κ2) is 6.21. The molecule has 2 aromatic carbocycles. The SMILES string of the molecule is Cc1c(N)cccc1C(=O)NC(CO)c1ccccc1. The fourth-order valence-electron chi connectivity index (χ4n) is 2.06. The Bertz CT molecular complexity index is 597. The Morgan fingerprint density at radius 3 is 2.55 bits per heavy atom. The molecule has 104 valence electrons. The minimum atomic E-state index is -0.426. The number of hydrogen-bond donors (Lipinski definition) is 3. The van der Waals surface area contributed by atoms with E-state index in [9.17, 15) is 9.90 Å². The van der Waals surface area contributed by atoms with Gasteiger partial charge in [-0.3, -0.25) is 4.79 Å². The van der Waals surface area contributed by atoms with Gasteiger partial charge in [0.1, 0.15) is 0 Å². The predicted molar refractivity (Wildman–Crippen MR) is 79.3 cm³/mol. The van der Waals surface area contributed by atoms with Crippen molar-refractivity contribution in [3.63, 3.8) is 0 Å². The lowest BCUT2D eigenvalue weighted by molar-refractivity contribution is 0.0915. The van der Waals surface area contributed by atoms with Crippen LogP contribution >= 0.6 is 0 Å². The first-order valence-corrected chi connectivity index (χ1v) is 6.45. The van der Waals surface area contributed by atoms with Gasteiger partial charge >= 0.3 is 0 Å². The molecule has 1 unspecified atom stereocenters. The quantitative estimate of drug-likeness (QED) is 0.744. The average molecular weight is 270 g/mol. The molecule has 0 spiro atoms. The summed E-state index contributed by atoms with van der Waals surface area (Å²) in [7, 11) is 0. The van der Waals surface area contributed by atoms with Gasteiger partial charge in [0, 0.05) is 11.3 Å². The van der Waals surface area contributed by atoms with E-state index in [1.54, 1.807) is 25.1 Å². The molecule has 0 aliphatic carbocycles. The molecule has 1 amide bonds. The second-order valence-electron chi connectivity index (χ2n) is 4.64. The zero-order valence-corrected chi connectivity index (χ0v) is 11.3. The van der Waals surface area contributed by atoms with E-state index < -0.39 is 6.04 Å². The van der Waals surface area contributed by atoms with Crippen LogP contribution in [-0.4, -0.2) is 17.6 Å². The lowest BCUT2D eigenvalue weighted by Crippen LogP contribution is -2.31. The molecule has 0 aliphatic heterocycles. The molecule has 4 nitrogen and oxygen atoms in total. The number of aliphatic hydroxyl groups is 1. The van der Waals surface area contributed by atoms with Crippen LogP contribution in [0.25, 0.3) is 0 Å². The molecular weight excluding hydrogens is 252 g/mol. The van der Waals surface area contributed by atoms with Gasteiger partial charge in [0.15, 0.2) is 0 Å². The van der Waals surface area contributed by atoms with Crippen molar-refractivity contribution in [2.75, 3.05) is 12.3 Å². The van der Waals surface area contributed by atoms with Crippen LogP contribution in [0.1, 0.15) is 27.5 Å². The van der Waals surface area contributed by atoms with Crippen molar-refractivity contribution < 1.29 is 9.90 Å². The number of carbonyl (C=O) groups excluding carboxylic acids is 1. The summed E-state index contributed by atoms with van der Waals surface area (Å²) in [6.45, 7) is 1.65. The van der Waals surface area contributed by atoms with Crippen LogP contribution in [0, 0.1) is 6.92 Å². The van der Waals surface area contributed by atoms with Crippen LogP contribution < -0.4 is 11.1 Å². The van der Waals surface area contributed by atoms with Crippen LogP contribution in [0.3, 0.4) is 0 Å². The van der Waals surface area contributed by atoms with Gasteiger partial charge in [-0.2, -0.15) is 0 Å². The normalized spacial score (nSPS) is 11.9. The first-order valence-electron chi connectivity index (χ1n) is 6.45. The van der Waals surface area contributed by atoms with Gasteiger partial charge in [0.25, 0.3) is 5.91 Å². The van der Waals surface area contributed by atoms with E-state index in [2.05, 4.69) is 5.32 Å². The summed E-state index contributed by atoms with van der Waals surface area (Å²) in [5, 5.41) is 12.3. The minimum Gasteiger partial charge on any atom is -0.398 e. The molecule has 4 N–H and O–H groups in total. The lowest BCUT2D eigenvalue weighted by atomic mass is 10.0. The third-order valence-electron chi connectivity index (χ3n) is 3.31. The van der Waals surface area contributed by atoms with Crippen molar-refractivity contribution in [3.8, 4) is 0 Å². The third kappa shape index (κ3) is 2.97. The zero-order valence-electron chi connectivity index (χ0n) is 11.3. The molecule has 0 aliphatic rings. The molecule has 4 heteroatoms. The monoisotopic (exact) mass is 270 g/mol. The summed E-state index contributed by atoms with van der Waals surface area (Å²) in [5.74, 6) is -0.238. The summed E-state index contributed by atoms with van der Waals surface area (Å²) in [6.07, 6.45) is 0. The fraction of sp³-hybridized carbons (Fsp3) is 0.188. The zero-order chi connectivity index (χ0) is 14.5. The summed E-state index contributed by atoms with van der Waals surface area (Å²) in [4.78, 5) is 12.3. The Balaban J connectivity index is 2.20. The molecule has 2 aromatic rings. The van der Waals surface area contributed by atoms with E-state index in [-0.39, 0.29) is 12.5 Å². The Hall–Kier alpha value is -2.33. The van der Waals surface area contributed by atoms with Gasteiger partial charge in [0.05, 0.1) is 12.6 Å². The van der Waals surface area contributed by atoms with Crippen LogP contribution in [0.2, 0.25) is 0 Å². The summed E-state index contributed by atoms with van der Waals surface area (Å²) in [6, 6.07) is 14.2. The highest BCUT2D eigenvalue weighted by atomic mass is 16.3. The third-order valence-corrected chi connectivity index (χ3v) is 3.31. The standard InChI is InChI=1S/C16H18N2O2/c1-11-13(8-5-9-14(11)17)16(20)18-15(10-19)12-6-3-2-4-7-12/h2-9,15,19H,10,17H2,1H3,(H,18,20). The number of amides is 1. The van der Waals surface area contributed by atoms with Crippen LogP contribution in [0.4, 0.5) is 5.69 Å². The van der Waals surface area contributed by atoms with Crippen molar-refractivity contribution in [3.05, 3.63) is 65.2 Å². The topological polar surface area (TPSA) is 75.4 Å². The molecule has 2 rings (SSSR count). The molecular formula is C16H18N2O2. The first kappa shape index (κ1) is 14.1. The number of benzene rings is 2. The maximum atomic E-state index is 12.3. The molecule has 0 radical (unpaired) electrons. The molecule has 0 saturated heterocycles. The Morgan fingerprint density at radius 2 is 1.90 bits per heavy atom. The number of nitrogen functional groups attached to an aromatic ring is 1. The Labute approximate surface area is 118 Å². The number of carbonyl (C=O) groups is 1. The predicted octanol–water partition coefficient (Wildman–Crippen LogP) is 2.04. The molecule has 20 heavy (non-hydrogen) atoms. The largest absolute Gasteiger partial charge is 0.398 e. The lowest BCUT2D eigenvalue weighted by Gasteiger charge is -2.17. The second-order valence-corrected chi connectivity index (χ2v) is 4.64. The molecule has 0 bridgehead atoms. The summed E-state index contributed by atoms with van der Waals surface area (Å²) in [5.41, 5.74) is 8.52. The van der Waals surface area contributed by atoms with Crippen LogP contribution in [0.5, 0.6) is 0 Å². The van der Waals surface area contributed by atoms with Gasteiger partial charge in [-0.1, -0.05) is 36.4 Å². The van der Waals surface area contributed by atoms with Crippen molar-refractivity contribution in [1.82, 2.24) is 5.32 Å². The van der Waals surface area contributed by atoms with E-state index in [0.717, 1.165) is 11.1 Å². The maximum absolute atomic E-state index is 12.3. The van der Waals surface area contributed by atoms with Gasteiger partial charge in [-0.05, 0) is 30.2 Å². The maximum Gasteiger partial charge on any atom is 0.252 e. The fourth-order valence-corrected chi connectivity index (χ4v) is 2.06. The average Bonchev–Trinajstić information content (AvgIpc) is 2.48.